The van der Waals surface area contributed by atoms with E-state index in [1.807, 2.05) is 60.9 Å². The van der Waals surface area contributed by atoms with Crippen LogP contribution in [0.25, 0.3) is 0 Å². The summed E-state index contributed by atoms with van der Waals surface area (Å²) in [4.78, 5) is 12.6. The van der Waals surface area contributed by atoms with Gasteiger partial charge in [0.15, 0.2) is 17.1 Å². The molecule has 0 radical (unpaired) electrons. The van der Waals surface area contributed by atoms with Gasteiger partial charge >= 0.3 is 0 Å². The number of anilines is 1. The Morgan fingerprint density at radius 3 is 2.45 bits per heavy atom. The Morgan fingerprint density at radius 2 is 1.82 bits per heavy atom. The van der Waals surface area contributed by atoms with Crippen molar-refractivity contribution in [3.8, 4) is 11.5 Å². The number of aromatic nitrogens is 3. The number of nitrogens with one attached hydrogen (secondary N) is 1. The minimum Gasteiger partial charge on any atom is -0.497 e. The van der Waals surface area contributed by atoms with Crippen LogP contribution in [-0.2, 0) is 11.3 Å². The van der Waals surface area contributed by atoms with Crippen LogP contribution >= 0.6 is 27.7 Å². The summed E-state index contributed by atoms with van der Waals surface area (Å²) in [6, 6.07) is 13.3. The summed E-state index contributed by atoms with van der Waals surface area (Å²) in [5, 5.41) is 12.3. The molecule has 0 aliphatic carbocycles. The summed E-state index contributed by atoms with van der Waals surface area (Å²) in [5.74, 6) is 2.65. The fraction of sp³-hybridized carbons (Fsp3) is 0.375. The second-order valence-electron chi connectivity index (χ2n) is 7.74. The summed E-state index contributed by atoms with van der Waals surface area (Å²) in [5.41, 5.74) is 1.92. The van der Waals surface area contributed by atoms with Crippen molar-refractivity contribution in [1.82, 2.24) is 14.8 Å². The zero-order valence-corrected chi connectivity index (χ0v) is 21.9. The van der Waals surface area contributed by atoms with Gasteiger partial charge in [-0.15, -0.1) is 10.2 Å². The molecule has 1 aromatic heterocycles. The molecule has 33 heavy (non-hydrogen) atoms. The minimum atomic E-state index is -0.301. The van der Waals surface area contributed by atoms with Gasteiger partial charge in [-0.3, -0.25) is 4.79 Å². The molecule has 0 spiro atoms. The van der Waals surface area contributed by atoms with E-state index in [1.54, 1.807) is 7.11 Å². The molecule has 1 amide bonds. The van der Waals surface area contributed by atoms with E-state index in [4.69, 9.17) is 9.47 Å². The second-order valence-corrected chi connectivity index (χ2v) is 9.60. The molecule has 0 bridgehead atoms. The van der Waals surface area contributed by atoms with Crippen LogP contribution in [0.1, 0.15) is 51.1 Å². The van der Waals surface area contributed by atoms with Crippen molar-refractivity contribution in [2.24, 2.45) is 0 Å². The molecular weight excluding hydrogens is 504 g/mol. The lowest BCUT2D eigenvalue weighted by Crippen LogP contribution is -2.16. The number of amides is 1. The maximum Gasteiger partial charge on any atom is 0.234 e. The predicted molar refractivity (Wildman–Crippen MR) is 135 cm³/mol. The summed E-state index contributed by atoms with van der Waals surface area (Å²) < 4.78 is 14.2. The maximum atomic E-state index is 12.6. The Labute approximate surface area is 207 Å². The molecule has 1 unspecified atom stereocenters. The van der Waals surface area contributed by atoms with E-state index in [9.17, 15) is 4.79 Å². The van der Waals surface area contributed by atoms with Crippen molar-refractivity contribution >= 4 is 39.3 Å². The van der Waals surface area contributed by atoms with Crippen LogP contribution in [0.4, 0.5) is 5.69 Å². The molecule has 1 heterocycles. The molecule has 176 valence electrons. The highest BCUT2D eigenvalue weighted by Crippen LogP contribution is 2.29. The van der Waals surface area contributed by atoms with E-state index < -0.39 is 0 Å². The van der Waals surface area contributed by atoms with Crippen molar-refractivity contribution in [2.45, 2.75) is 51.4 Å². The Kier molecular flexibility index (Phi) is 8.80. The molecule has 2 aromatic carbocycles. The molecule has 7 nitrogen and oxygen atoms in total. The zero-order chi connectivity index (χ0) is 24.0. The van der Waals surface area contributed by atoms with E-state index >= 15 is 0 Å². The average molecular weight is 533 g/mol. The van der Waals surface area contributed by atoms with Gasteiger partial charge in [-0.05, 0) is 67.8 Å². The Bertz CT molecular complexity index is 1090. The molecule has 0 saturated heterocycles. The number of carbonyl (C=O) groups excluding carboxylic acids is 1. The van der Waals surface area contributed by atoms with Crippen molar-refractivity contribution < 1.29 is 14.3 Å². The quantitative estimate of drug-likeness (QED) is 0.319. The van der Waals surface area contributed by atoms with E-state index in [-0.39, 0.29) is 17.8 Å². The largest absolute Gasteiger partial charge is 0.497 e. The third-order valence-electron chi connectivity index (χ3n) is 5.04. The van der Waals surface area contributed by atoms with E-state index in [2.05, 4.69) is 45.3 Å². The summed E-state index contributed by atoms with van der Waals surface area (Å²) in [7, 11) is 1.63. The van der Waals surface area contributed by atoms with Gasteiger partial charge in [0.2, 0.25) is 5.91 Å². The number of hydrogen-bond acceptors (Lipinski definition) is 6. The van der Waals surface area contributed by atoms with Crippen molar-refractivity contribution in [2.75, 3.05) is 18.2 Å². The second kappa shape index (κ2) is 11.6. The lowest BCUT2D eigenvalue weighted by molar-refractivity contribution is -0.113. The molecular formula is C24H29BrN4O3S. The van der Waals surface area contributed by atoms with Crippen LogP contribution in [0.15, 0.2) is 52.1 Å². The van der Waals surface area contributed by atoms with E-state index in [1.165, 1.54) is 11.8 Å². The molecule has 0 aliphatic rings. The Morgan fingerprint density at radius 1 is 1.12 bits per heavy atom. The molecule has 9 heteroatoms. The zero-order valence-electron chi connectivity index (χ0n) is 19.5. The van der Waals surface area contributed by atoms with Gasteiger partial charge in [0.1, 0.15) is 11.5 Å². The highest BCUT2D eigenvalue weighted by molar-refractivity contribution is 9.10. The molecule has 0 fully saturated rings. The fourth-order valence-electron chi connectivity index (χ4n) is 3.36. The third-order valence-corrected chi connectivity index (χ3v) is 6.50. The van der Waals surface area contributed by atoms with Gasteiger partial charge < -0.3 is 19.4 Å². The highest BCUT2D eigenvalue weighted by Gasteiger charge is 2.20. The van der Waals surface area contributed by atoms with Gasteiger partial charge in [-0.1, -0.05) is 41.5 Å². The van der Waals surface area contributed by atoms with Gasteiger partial charge in [-0.2, -0.15) is 0 Å². The number of ether oxygens (including phenoxy) is 2. The Balaban J connectivity index is 1.64. The van der Waals surface area contributed by atoms with Gasteiger partial charge in [0.05, 0.1) is 12.9 Å². The SMILES string of the molecule is CCn1c(SCC(=O)Nc2ccc(Br)cc2C(C)C)nnc1C(C)Oc1ccc(OC)cc1. The first-order valence-corrected chi connectivity index (χ1v) is 12.6. The first-order valence-electron chi connectivity index (χ1n) is 10.8. The van der Waals surface area contributed by atoms with Crippen molar-refractivity contribution in [1.29, 1.82) is 0 Å². The number of hydrogen-bond donors (Lipinski definition) is 1. The fourth-order valence-corrected chi connectivity index (χ4v) is 4.55. The van der Waals surface area contributed by atoms with Gasteiger partial charge in [0.25, 0.3) is 0 Å². The van der Waals surface area contributed by atoms with E-state index in [0.29, 0.717) is 23.4 Å². The van der Waals surface area contributed by atoms with Crippen LogP contribution in [0.5, 0.6) is 11.5 Å². The summed E-state index contributed by atoms with van der Waals surface area (Å²) in [6.45, 7) is 8.84. The number of methoxy groups -OCH3 is 1. The van der Waals surface area contributed by atoms with E-state index in [0.717, 1.165) is 27.2 Å². The smallest absolute Gasteiger partial charge is 0.234 e. The maximum absolute atomic E-state index is 12.6. The average Bonchev–Trinajstić information content (AvgIpc) is 3.22. The monoisotopic (exact) mass is 532 g/mol. The van der Waals surface area contributed by atoms with Gasteiger partial charge in [0, 0.05) is 16.7 Å². The lowest BCUT2D eigenvalue weighted by atomic mass is 10.0. The molecule has 3 rings (SSSR count). The van der Waals surface area contributed by atoms with Crippen LogP contribution in [-0.4, -0.2) is 33.5 Å². The van der Waals surface area contributed by atoms with Crippen molar-refractivity contribution in [3.63, 3.8) is 0 Å². The summed E-state index contributed by atoms with van der Waals surface area (Å²) in [6.07, 6.45) is -0.301. The first-order chi connectivity index (χ1) is 15.8. The molecule has 0 aliphatic heterocycles. The van der Waals surface area contributed by atoms with Crippen LogP contribution in [0.3, 0.4) is 0 Å². The van der Waals surface area contributed by atoms with Crippen molar-refractivity contribution in [3.05, 3.63) is 58.3 Å². The first kappa shape index (κ1) is 25.1. The molecule has 0 saturated carbocycles. The number of benzene rings is 2. The van der Waals surface area contributed by atoms with Gasteiger partial charge in [-0.25, -0.2) is 0 Å². The molecule has 3 aromatic rings. The highest BCUT2D eigenvalue weighted by atomic mass is 79.9. The van der Waals surface area contributed by atoms with Crippen LogP contribution in [0.2, 0.25) is 0 Å². The third kappa shape index (κ3) is 6.51. The predicted octanol–water partition coefficient (Wildman–Crippen LogP) is 6.06. The Hall–Kier alpha value is -2.52. The topological polar surface area (TPSA) is 78.3 Å². The van der Waals surface area contributed by atoms with Crippen LogP contribution in [0, 0.1) is 0 Å². The number of nitrogens with zero attached hydrogens (tertiary/aromatic N) is 3. The molecule has 1 N–H and O–H groups in total. The number of carbonyl (C=O) groups is 1. The minimum absolute atomic E-state index is 0.0843. The number of rotatable bonds is 10. The van der Waals surface area contributed by atoms with Crippen LogP contribution < -0.4 is 14.8 Å². The standard InChI is InChI=1S/C24H29BrN4O3S/c1-6-29-23(16(4)32-19-10-8-18(31-5)9-11-19)27-28-24(29)33-14-22(30)26-21-12-7-17(25)13-20(21)15(2)3/h7-13,15-16H,6,14H2,1-5H3,(H,26,30). The molecule has 1 atom stereocenters. The number of thioether (sulfide) groups is 1. The lowest BCUT2D eigenvalue weighted by Gasteiger charge is -2.16. The normalized spacial score (nSPS) is 12.0. The number of halogens is 1. The summed E-state index contributed by atoms with van der Waals surface area (Å²) >= 11 is 4.86.